The van der Waals surface area contributed by atoms with E-state index in [9.17, 15) is 53.7 Å². The molecule has 0 amide bonds. The summed E-state index contributed by atoms with van der Waals surface area (Å²) >= 11 is 20.8. The Morgan fingerprint density at radius 2 is 1.18 bits per heavy atom. The number of allylic oxidation sites excluding steroid dienone is 12. The first-order valence-electron chi connectivity index (χ1n) is 31.4. The van der Waals surface area contributed by atoms with Crippen molar-refractivity contribution in [2.24, 2.45) is 97.6 Å². The highest BCUT2D eigenvalue weighted by Gasteiger charge is 2.76. The minimum Gasteiger partial charge on any atom is -0.451 e. The number of hydrogen-bond donors (Lipinski definition) is 3. The first-order chi connectivity index (χ1) is 39.6. The van der Waals surface area contributed by atoms with E-state index in [0.29, 0.717) is 66.3 Å². The van der Waals surface area contributed by atoms with Crippen LogP contribution >= 0.6 is 34.8 Å². The summed E-state index contributed by atoms with van der Waals surface area (Å²) in [5.74, 6) is 0.705. The largest absolute Gasteiger partial charge is 0.451 e. The van der Waals surface area contributed by atoms with E-state index in [1.807, 2.05) is 32.9 Å². The van der Waals surface area contributed by atoms with E-state index in [2.05, 4.69) is 39.8 Å². The molecule has 0 radical (unpaired) electrons. The van der Waals surface area contributed by atoms with Crippen molar-refractivity contribution in [3.8, 4) is 0 Å². The van der Waals surface area contributed by atoms with Crippen molar-refractivity contribution in [2.45, 2.75) is 200 Å². The van der Waals surface area contributed by atoms with Crippen LogP contribution in [0, 0.1) is 97.6 Å². The fraction of sp³-hybridized carbons (Fsp3) is 0.710. The zero-order valence-corrected chi connectivity index (χ0v) is 53.6. The Morgan fingerprint density at radius 3 is 1.73 bits per heavy atom. The molecule has 0 aliphatic heterocycles. The lowest BCUT2D eigenvalue weighted by molar-refractivity contribution is -0.185. The van der Waals surface area contributed by atoms with Crippen LogP contribution in [0.5, 0.6) is 0 Å². The first-order valence-corrected chi connectivity index (χ1v) is 32.6. The number of rotatable bonds is 6. The number of alkyl halides is 1. The van der Waals surface area contributed by atoms with Crippen molar-refractivity contribution in [3.63, 3.8) is 0 Å². The number of hydrogen-bond acceptors (Lipinski definition) is 13. The van der Waals surface area contributed by atoms with Crippen LogP contribution in [0.1, 0.15) is 172 Å². The monoisotopic (exact) mass is 1230 g/mol. The number of fused-ring (bicyclic) bond motifs is 17. The van der Waals surface area contributed by atoms with Gasteiger partial charge in [0, 0.05) is 63.3 Å². The Labute approximate surface area is 515 Å². The van der Waals surface area contributed by atoms with Gasteiger partial charge < -0.3 is 24.8 Å². The highest BCUT2D eigenvalue weighted by atomic mass is 35.5. The Morgan fingerprint density at radius 1 is 0.635 bits per heavy atom. The van der Waals surface area contributed by atoms with Crippen LogP contribution in [-0.2, 0) is 47.8 Å². The fourth-order valence-electron chi connectivity index (χ4n) is 22.4. The molecule has 0 heterocycles. The second-order valence-electron chi connectivity index (χ2n) is 29.9. The number of ether oxygens (including phenoxy) is 2. The number of halogens is 3. The van der Waals surface area contributed by atoms with E-state index in [0.717, 1.165) is 68.1 Å². The van der Waals surface area contributed by atoms with Gasteiger partial charge in [-0.15, -0.1) is 11.6 Å². The molecule has 13 nitrogen and oxygen atoms in total. The molecule has 8 saturated carbocycles. The molecule has 13 aliphatic rings. The molecular weight excluding hydrogens is 1140 g/mol. The van der Waals surface area contributed by atoms with Crippen molar-refractivity contribution in [1.29, 1.82) is 0 Å². The van der Waals surface area contributed by atoms with Crippen LogP contribution in [-0.4, -0.2) is 96.3 Å². The van der Waals surface area contributed by atoms with E-state index >= 15 is 0 Å². The van der Waals surface area contributed by atoms with Gasteiger partial charge >= 0.3 is 11.9 Å². The lowest BCUT2D eigenvalue weighted by atomic mass is 9.45. The summed E-state index contributed by atoms with van der Waals surface area (Å²) in [6.45, 7) is 19.7. The highest BCUT2D eigenvalue weighted by Crippen LogP contribution is 2.75. The molecule has 8 fully saturated rings. The van der Waals surface area contributed by atoms with Gasteiger partial charge in [-0.05, 0) is 204 Å². The molecule has 0 saturated heterocycles. The average molecular weight is 1230 g/mol. The summed E-state index contributed by atoms with van der Waals surface area (Å²) < 4.78 is 11.6. The highest BCUT2D eigenvalue weighted by molar-refractivity contribution is 6.33. The lowest BCUT2D eigenvalue weighted by Crippen LogP contribution is -2.69. The summed E-state index contributed by atoms with van der Waals surface area (Å²) in [5, 5.41) is 33.7. The Bertz CT molecular complexity index is 3190. The van der Waals surface area contributed by atoms with Gasteiger partial charge in [-0.25, -0.2) is 0 Å². The minimum absolute atomic E-state index is 0.0423. The van der Waals surface area contributed by atoms with Crippen LogP contribution in [0.15, 0.2) is 69.3 Å². The van der Waals surface area contributed by atoms with Gasteiger partial charge in [0.1, 0.15) is 12.2 Å². The van der Waals surface area contributed by atoms with Crippen LogP contribution in [0.2, 0.25) is 0 Å². The van der Waals surface area contributed by atoms with Gasteiger partial charge in [0.05, 0.1) is 11.0 Å². The molecule has 0 unspecified atom stereocenters. The summed E-state index contributed by atoms with van der Waals surface area (Å²) in [4.78, 5) is 97.3. The van der Waals surface area contributed by atoms with Crippen molar-refractivity contribution in [3.05, 3.63) is 69.3 Å². The van der Waals surface area contributed by atoms with Gasteiger partial charge in [0.2, 0.25) is 0 Å². The summed E-state index contributed by atoms with van der Waals surface area (Å²) in [6.07, 6.45) is 22.9. The standard InChI is InChI=1S/C24H29ClO4.C23H29ClO4.C22H29ClO5/c1-12(26)24(29-13(2)27)8-6-16-14-10-20(25)19-11-21(28)15-9-18(15)23(19,4)17(14)5-7-22(16,24)3;1-13(25)23(28-14(2)26)10-7-18-16-12-20(24)19-11-15(27)5-8-21(19,3)17(16)6-9-22(18,23)4;1-12-8-16-15-5-4-13-9-14(25)6-7-19(13,2)21(15,23)17(26)10-20(16,3)22(12,28)18(27)11-24/h10-11,14-18H,5-9H2,1-4H3;11-12,16-18H,5-10H2,1-4H3;6-7,9,12,15-17,24,26,28H,4-5,8,10-11H2,1-3H3/t14-,15+,16-,17-,18-,22-,23-,24-;16-,17+,18+,21-,22+,23+;12-,15-,16-,17-,19-,20-,21-,22-/m010/s1. The van der Waals surface area contributed by atoms with Crippen LogP contribution in [0.25, 0.3) is 0 Å². The minimum atomic E-state index is -1.68. The number of aliphatic hydroxyl groups excluding tert-OH is 2. The maximum absolute atomic E-state index is 12.8. The number of carbonyl (C=O) groups is 8. The Hall–Kier alpha value is -3.85. The molecule has 22 atom stereocenters. The molecule has 462 valence electrons. The fourth-order valence-corrected chi connectivity index (χ4v) is 23.8. The second-order valence-corrected chi connectivity index (χ2v) is 31.4. The molecule has 0 bridgehead atoms. The first kappa shape index (κ1) is 62.7. The molecular formula is C69H87Cl3O13. The van der Waals surface area contributed by atoms with Crippen molar-refractivity contribution >= 4 is 81.4 Å². The van der Waals surface area contributed by atoms with Gasteiger partial charge in [-0.2, -0.15) is 0 Å². The number of Topliss-reactive ketones (excluding diaryl/α,β-unsaturated/α-hetero) is 3. The van der Waals surface area contributed by atoms with E-state index in [1.54, 1.807) is 26.0 Å². The van der Waals surface area contributed by atoms with Gasteiger partial charge in [-0.3, -0.25) is 38.4 Å². The second kappa shape index (κ2) is 20.6. The molecule has 0 aromatic heterocycles. The molecule has 0 spiro atoms. The zero-order chi connectivity index (χ0) is 62.1. The van der Waals surface area contributed by atoms with Gasteiger partial charge in [0.15, 0.2) is 45.9 Å². The topological polar surface area (TPSA) is 216 Å². The van der Waals surface area contributed by atoms with Crippen molar-refractivity contribution < 1.29 is 63.1 Å². The maximum Gasteiger partial charge on any atom is 0.303 e. The Balaban J connectivity index is 0.000000133. The van der Waals surface area contributed by atoms with Crippen LogP contribution in [0.3, 0.4) is 0 Å². The molecule has 0 aromatic carbocycles. The number of aliphatic hydroxyl groups is 3. The third-order valence-corrected chi connectivity index (χ3v) is 28.4. The number of carbonyl (C=O) groups excluding carboxylic acids is 8. The molecule has 16 heteroatoms. The van der Waals surface area contributed by atoms with E-state index in [-0.39, 0.29) is 116 Å². The van der Waals surface area contributed by atoms with Gasteiger partial charge in [-0.1, -0.05) is 95.5 Å². The van der Waals surface area contributed by atoms with E-state index in [4.69, 9.17) is 44.3 Å². The van der Waals surface area contributed by atoms with E-state index < -0.39 is 51.0 Å². The molecule has 13 rings (SSSR count). The normalized spacial score (nSPS) is 49.0. The molecule has 3 N–H and O–H groups in total. The average Bonchev–Trinajstić information content (AvgIpc) is 1.67. The van der Waals surface area contributed by atoms with Crippen molar-refractivity contribution in [2.75, 3.05) is 6.61 Å². The smallest absolute Gasteiger partial charge is 0.303 e. The predicted molar refractivity (Wildman–Crippen MR) is 320 cm³/mol. The lowest BCUT2D eigenvalue weighted by Gasteiger charge is -2.63. The maximum atomic E-state index is 12.8. The predicted octanol–water partition coefficient (Wildman–Crippen LogP) is 11.5. The van der Waals surface area contributed by atoms with Crippen LogP contribution < -0.4 is 0 Å². The quantitative estimate of drug-likeness (QED) is 0.167. The summed E-state index contributed by atoms with van der Waals surface area (Å²) in [7, 11) is 0. The van der Waals surface area contributed by atoms with Crippen molar-refractivity contribution in [1.82, 2.24) is 0 Å². The summed E-state index contributed by atoms with van der Waals surface area (Å²) in [5.41, 5.74) is -3.24. The molecule has 0 aromatic rings. The Kier molecular flexibility index (Phi) is 15.2. The van der Waals surface area contributed by atoms with E-state index in [1.165, 1.54) is 19.9 Å². The molecule has 13 aliphatic carbocycles. The van der Waals surface area contributed by atoms with Crippen LogP contribution in [0.4, 0.5) is 0 Å². The number of ketones is 6. The SMILES string of the molecule is CC(=O)O[C@]1(C(C)=O)CC[C@H]2[C@@H]3C=C(Cl)C4=CC(=O)CC[C@]4(C)[C@H]3CC[C@@]21C.CC(=O)O[C@]1(C(C)=O)CC[C@H]2[C@@H]3C=C(Cl)C4=CC(=O)[C@@H]5C[C@@H]5[C@]4(C)[C@H]3CC[C@@]21C.C[C@H]1C[C@H]2[C@@H]3CCC4=CC(=O)C=C[C@]4(C)[C@@]3(Cl)[C@@H](O)C[C@]2(C)[C@@]1(O)C(=O)CO. The zero-order valence-electron chi connectivity index (χ0n) is 51.3. The third kappa shape index (κ3) is 8.35. The summed E-state index contributed by atoms with van der Waals surface area (Å²) in [6, 6.07) is 0. The third-order valence-electron chi connectivity index (χ3n) is 26.9. The number of esters is 2. The molecule has 85 heavy (non-hydrogen) atoms. The van der Waals surface area contributed by atoms with Gasteiger partial charge in [0.25, 0.3) is 0 Å².